The Morgan fingerprint density at radius 1 is 1.07 bits per heavy atom. The molecule has 6 rings (SSSR count). The predicted octanol–water partition coefficient (Wildman–Crippen LogP) is 3.48. The number of benzene rings is 1. The van der Waals surface area contributed by atoms with Crippen LogP contribution in [-0.4, -0.2) is 95.6 Å². The van der Waals surface area contributed by atoms with Crippen LogP contribution in [0.5, 0.6) is 0 Å². The highest BCUT2D eigenvalue weighted by atomic mass is 16.6. The van der Waals surface area contributed by atoms with E-state index in [4.69, 9.17) is 9.72 Å². The van der Waals surface area contributed by atoms with Gasteiger partial charge in [0.1, 0.15) is 5.82 Å². The molecule has 0 saturated carbocycles. The molecule has 2 aromatic heterocycles. The third-order valence-corrected chi connectivity index (χ3v) is 8.28. The molecule has 3 aliphatic rings. The lowest BCUT2D eigenvalue weighted by molar-refractivity contribution is -0.117. The number of anilines is 4. The molecule has 0 unspecified atom stereocenters. The molecule has 1 aromatic carbocycles. The third-order valence-electron chi connectivity index (χ3n) is 8.28. The molecule has 12 heteroatoms. The van der Waals surface area contributed by atoms with Crippen LogP contribution < -0.4 is 20.9 Å². The lowest BCUT2D eigenvalue weighted by Crippen LogP contribution is -2.46. The first kappa shape index (κ1) is 27.3. The van der Waals surface area contributed by atoms with Crippen LogP contribution in [0.4, 0.5) is 27.8 Å². The van der Waals surface area contributed by atoms with Gasteiger partial charge in [-0.3, -0.25) is 14.8 Å². The van der Waals surface area contributed by atoms with E-state index in [1.54, 1.807) is 11.1 Å². The number of likely N-dealkylation sites (tertiary alicyclic amines) is 1. The number of carbonyl (C=O) groups is 2. The smallest absolute Gasteiger partial charge is 0.411 e. The standard InChI is InChI=1S/C29H39N9O3/c1-36(22-10-12-30-13-11-22)29(40)41-27-5-4-16-38(27)28-24(33-26(39)19-37-14-2-3-15-37)8-9-25(34-28)32-21-6-7-23-20(17-21)18-31-35-23/h6-9,17-18,22,27,30H,2-5,10-16,19H2,1H3,(H,31,35)(H,32,34)(H,33,39)/t27-/m0/s1. The van der Waals surface area contributed by atoms with Crippen LogP contribution in [0.1, 0.15) is 38.5 Å². The summed E-state index contributed by atoms with van der Waals surface area (Å²) in [5.74, 6) is 1.15. The zero-order chi connectivity index (χ0) is 28.2. The van der Waals surface area contributed by atoms with E-state index in [9.17, 15) is 9.59 Å². The monoisotopic (exact) mass is 561 g/mol. The van der Waals surface area contributed by atoms with Crippen molar-refractivity contribution in [2.24, 2.45) is 0 Å². The Balaban J connectivity index is 1.23. The molecule has 41 heavy (non-hydrogen) atoms. The lowest BCUT2D eigenvalue weighted by Gasteiger charge is -2.33. The van der Waals surface area contributed by atoms with E-state index in [2.05, 4.69) is 31.0 Å². The van der Waals surface area contributed by atoms with Gasteiger partial charge < -0.3 is 30.5 Å². The average Bonchev–Trinajstić information content (AvgIpc) is 3.76. The summed E-state index contributed by atoms with van der Waals surface area (Å²) in [5, 5.41) is 17.9. The van der Waals surface area contributed by atoms with E-state index in [0.29, 0.717) is 36.8 Å². The Morgan fingerprint density at radius 2 is 1.90 bits per heavy atom. The van der Waals surface area contributed by atoms with Crippen molar-refractivity contribution in [3.05, 3.63) is 36.5 Å². The zero-order valence-corrected chi connectivity index (χ0v) is 23.6. The van der Waals surface area contributed by atoms with E-state index in [0.717, 1.165) is 74.9 Å². The van der Waals surface area contributed by atoms with Gasteiger partial charge >= 0.3 is 6.09 Å². The molecule has 0 spiro atoms. The second-order valence-electron chi connectivity index (χ2n) is 11.2. The number of H-pyrrole nitrogens is 1. The Labute approximate surface area is 239 Å². The summed E-state index contributed by atoms with van der Waals surface area (Å²) in [5.41, 5.74) is 2.44. The fraction of sp³-hybridized carbons (Fsp3) is 0.517. The predicted molar refractivity (Wildman–Crippen MR) is 158 cm³/mol. The van der Waals surface area contributed by atoms with Crippen LogP contribution in [0.25, 0.3) is 10.9 Å². The van der Waals surface area contributed by atoms with E-state index >= 15 is 0 Å². The normalized spacial score (nSPS) is 19.9. The second-order valence-corrected chi connectivity index (χ2v) is 11.2. The number of piperidine rings is 1. The van der Waals surface area contributed by atoms with Crippen molar-refractivity contribution in [2.45, 2.75) is 50.8 Å². The van der Waals surface area contributed by atoms with Crippen molar-refractivity contribution < 1.29 is 14.3 Å². The van der Waals surface area contributed by atoms with Crippen LogP contribution in [0, 0.1) is 0 Å². The summed E-state index contributed by atoms with van der Waals surface area (Å²) in [7, 11) is 1.82. The number of pyridine rings is 1. The average molecular weight is 562 g/mol. The molecule has 4 N–H and O–H groups in total. The van der Waals surface area contributed by atoms with Crippen molar-refractivity contribution in [3.63, 3.8) is 0 Å². The van der Waals surface area contributed by atoms with E-state index in [1.807, 2.05) is 42.3 Å². The Bertz CT molecular complexity index is 1370. The summed E-state index contributed by atoms with van der Waals surface area (Å²) < 4.78 is 6.06. The van der Waals surface area contributed by atoms with Gasteiger partial charge in [0.2, 0.25) is 5.91 Å². The number of nitrogens with zero attached hydrogens (tertiary/aromatic N) is 5. The third kappa shape index (κ3) is 6.38. The largest absolute Gasteiger partial charge is 0.425 e. The molecule has 3 saturated heterocycles. The SMILES string of the molecule is CN(C(=O)O[C@H]1CCCN1c1nc(Nc2ccc3[nH]ncc3c2)ccc1NC(=O)CN1CCCC1)C1CCNCC1. The first-order chi connectivity index (χ1) is 20.0. The van der Waals surface area contributed by atoms with Crippen molar-refractivity contribution >= 4 is 45.9 Å². The van der Waals surface area contributed by atoms with Crippen LogP contribution >= 0.6 is 0 Å². The Kier molecular flexibility index (Phi) is 8.19. The second kappa shape index (κ2) is 12.3. The van der Waals surface area contributed by atoms with Gasteiger partial charge in [-0.25, -0.2) is 9.78 Å². The molecule has 0 radical (unpaired) electrons. The topological polar surface area (TPSA) is 131 Å². The first-order valence-corrected chi connectivity index (χ1v) is 14.7. The maximum absolute atomic E-state index is 13.2. The fourth-order valence-corrected chi connectivity index (χ4v) is 5.98. The quantitative estimate of drug-likeness (QED) is 0.326. The fourth-order valence-electron chi connectivity index (χ4n) is 5.98. The molecule has 1 atom stereocenters. The van der Waals surface area contributed by atoms with Gasteiger partial charge in [-0.05, 0) is 88.6 Å². The highest BCUT2D eigenvalue weighted by Gasteiger charge is 2.33. The van der Waals surface area contributed by atoms with Gasteiger partial charge in [-0.2, -0.15) is 5.10 Å². The molecular formula is C29H39N9O3. The molecular weight excluding hydrogens is 522 g/mol. The van der Waals surface area contributed by atoms with Crippen molar-refractivity contribution in [1.29, 1.82) is 0 Å². The van der Waals surface area contributed by atoms with E-state index in [-0.39, 0.29) is 18.0 Å². The highest BCUT2D eigenvalue weighted by molar-refractivity contribution is 5.95. The number of aromatic nitrogens is 3. The van der Waals surface area contributed by atoms with Gasteiger partial charge in [0.05, 0.1) is 23.9 Å². The molecule has 0 aliphatic carbocycles. The van der Waals surface area contributed by atoms with Gasteiger partial charge in [0.25, 0.3) is 0 Å². The van der Waals surface area contributed by atoms with Crippen molar-refractivity contribution in [2.75, 3.05) is 61.8 Å². The summed E-state index contributed by atoms with van der Waals surface area (Å²) >= 11 is 0. The molecule has 12 nitrogen and oxygen atoms in total. The molecule has 5 heterocycles. The van der Waals surface area contributed by atoms with Gasteiger partial charge in [-0.1, -0.05) is 0 Å². The minimum absolute atomic E-state index is 0.0700. The molecule has 2 amide bonds. The van der Waals surface area contributed by atoms with Gasteiger partial charge in [0, 0.05) is 37.1 Å². The summed E-state index contributed by atoms with van der Waals surface area (Å²) in [6.07, 6.45) is 6.61. The lowest BCUT2D eigenvalue weighted by atomic mass is 10.1. The molecule has 218 valence electrons. The number of hydrogen-bond donors (Lipinski definition) is 4. The Hall–Kier alpha value is -3.90. The van der Waals surface area contributed by atoms with Gasteiger partial charge in [0.15, 0.2) is 12.0 Å². The maximum atomic E-state index is 13.2. The Morgan fingerprint density at radius 3 is 2.73 bits per heavy atom. The van der Waals surface area contributed by atoms with E-state index < -0.39 is 6.23 Å². The number of hydrogen-bond acceptors (Lipinski definition) is 9. The molecule has 3 fully saturated rings. The molecule has 0 bridgehead atoms. The number of carbonyl (C=O) groups excluding carboxylic acids is 2. The molecule has 3 aromatic rings. The first-order valence-electron chi connectivity index (χ1n) is 14.7. The van der Waals surface area contributed by atoms with Crippen LogP contribution in [0.2, 0.25) is 0 Å². The minimum Gasteiger partial charge on any atom is -0.425 e. The van der Waals surface area contributed by atoms with Crippen molar-refractivity contribution in [3.8, 4) is 0 Å². The number of ether oxygens (including phenoxy) is 1. The number of nitrogens with one attached hydrogen (secondary N) is 4. The minimum atomic E-state index is -0.467. The molecule has 3 aliphatic heterocycles. The summed E-state index contributed by atoms with van der Waals surface area (Å²) in [6.45, 7) is 4.70. The van der Waals surface area contributed by atoms with Crippen LogP contribution in [-0.2, 0) is 9.53 Å². The number of rotatable bonds is 8. The highest BCUT2D eigenvalue weighted by Crippen LogP contribution is 2.34. The van der Waals surface area contributed by atoms with Gasteiger partial charge in [-0.15, -0.1) is 0 Å². The van der Waals surface area contributed by atoms with Crippen molar-refractivity contribution in [1.82, 2.24) is 30.3 Å². The zero-order valence-electron chi connectivity index (χ0n) is 23.6. The maximum Gasteiger partial charge on any atom is 0.411 e. The summed E-state index contributed by atoms with van der Waals surface area (Å²) in [4.78, 5) is 37.0. The number of aromatic amines is 1. The van der Waals surface area contributed by atoms with Crippen LogP contribution in [0.3, 0.4) is 0 Å². The number of fused-ring (bicyclic) bond motifs is 1. The number of amides is 2. The van der Waals surface area contributed by atoms with E-state index in [1.165, 1.54) is 0 Å². The summed E-state index contributed by atoms with van der Waals surface area (Å²) in [6, 6.07) is 9.83. The van der Waals surface area contributed by atoms with Crippen LogP contribution in [0.15, 0.2) is 36.5 Å².